The lowest BCUT2D eigenvalue weighted by atomic mass is 10.2. The SMILES string of the molecule is NC1CCC(N2C=C(CO)NN2)C1. The number of nitrogens with zero attached hydrogens (tertiary/aromatic N) is 1. The van der Waals surface area contributed by atoms with Gasteiger partial charge < -0.3 is 16.3 Å². The van der Waals surface area contributed by atoms with Crippen LogP contribution in [0.25, 0.3) is 0 Å². The van der Waals surface area contributed by atoms with Crippen LogP contribution in [0, 0.1) is 0 Å². The van der Waals surface area contributed by atoms with Gasteiger partial charge in [0.25, 0.3) is 0 Å². The van der Waals surface area contributed by atoms with Crippen LogP contribution in [0.5, 0.6) is 0 Å². The van der Waals surface area contributed by atoms with Crippen LogP contribution in [0.3, 0.4) is 0 Å². The quantitative estimate of drug-likeness (QED) is 0.444. The lowest BCUT2D eigenvalue weighted by Crippen LogP contribution is -2.42. The molecule has 5 nitrogen and oxygen atoms in total. The van der Waals surface area contributed by atoms with E-state index in [9.17, 15) is 0 Å². The van der Waals surface area contributed by atoms with Crippen molar-refractivity contribution in [2.75, 3.05) is 6.61 Å². The van der Waals surface area contributed by atoms with Crippen molar-refractivity contribution < 1.29 is 5.11 Å². The minimum absolute atomic E-state index is 0.0439. The molecule has 2 aliphatic rings. The van der Waals surface area contributed by atoms with Gasteiger partial charge in [-0.1, -0.05) is 0 Å². The number of nitrogens with one attached hydrogen (secondary N) is 2. The molecule has 1 aliphatic heterocycles. The normalized spacial score (nSPS) is 33.4. The third-order valence-corrected chi connectivity index (χ3v) is 2.65. The van der Waals surface area contributed by atoms with Crippen LogP contribution in [-0.4, -0.2) is 28.8 Å². The third kappa shape index (κ3) is 1.77. The van der Waals surface area contributed by atoms with Crippen molar-refractivity contribution in [1.82, 2.24) is 16.0 Å². The Bertz CT molecular complexity index is 218. The largest absolute Gasteiger partial charge is 0.390 e. The fourth-order valence-electron chi connectivity index (χ4n) is 1.89. The Labute approximate surface area is 77.5 Å². The molecular weight excluding hydrogens is 168 g/mol. The first kappa shape index (κ1) is 8.80. The molecule has 1 aliphatic carbocycles. The van der Waals surface area contributed by atoms with Crippen LogP contribution in [-0.2, 0) is 0 Å². The first-order chi connectivity index (χ1) is 6.29. The van der Waals surface area contributed by atoms with E-state index in [0.29, 0.717) is 12.1 Å². The van der Waals surface area contributed by atoms with E-state index in [2.05, 4.69) is 11.0 Å². The molecule has 2 rings (SSSR count). The molecule has 0 aromatic rings. The zero-order valence-corrected chi connectivity index (χ0v) is 7.53. The fourth-order valence-corrected chi connectivity index (χ4v) is 1.89. The number of hydrazine groups is 2. The van der Waals surface area contributed by atoms with Gasteiger partial charge in [-0.3, -0.25) is 5.01 Å². The second-order valence-electron chi connectivity index (χ2n) is 3.68. The van der Waals surface area contributed by atoms with Crippen molar-refractivity contribution in [3.8, 4) is 0 Å². The van der Waals surface area contributed by atoms with Gasteiger partial charge in [-0.05, 0) is 19.3 Å². The summed E-state index contributed by atoms with van der Waals surface area (Å²) in [7, 11) is 0. The molecule has 0 radical (unpaired) electrons. The standard InChI is InChI=1S/C8H16N4O/c9-6-1-2-8(3-6)12-4-7(5-13)10-11-12/h4,6,8,10-11,13H,1-3,5,9H2. The van der Waals surface area contributed by atoms with Gasteiger partial charge in [0, 0.05) is 18.3 Å². The Kier molecular flexibility index (Phi) is 2.39. The molecule has 5 N–H and O–H groups in total. The highest BCUT2D eigenvalue weighted by Gasteiger charge is 2.27. The molecule has 1 fully saturated rings. The molecule has 13 heavy (non-hydrogen) atoms. The van der Waals surface area contributed by atoms with Crippen LogP contribution in [0.2, 0.25) is 0 Å². The maximum absolute atomic E-state index is 8.86. The summed E-state index contributed by atoms with van der Waals surface area (Å²) in [4.78, 5) is 0. The van der Waals surface area contributed by atoms with Gasteiger partial charge in [0.1, 0.15) is 0 Å². The van der Waals surface area contributed by atoms with Crippen LogP contribution in [0.4, 0.5) is 0 Å². The van der Waals surface area contributed by atoms with E-state index in [4.69, 9.17) is 10.8 Å². The Hall–Kier alpha value is -0.780. The summed E-state index contributed by atoms with van der Waals surface area (Å²) in [5.41, 5.74) is 12.5. The van der Waals surface area contributed by atoms with Gasteiger partial charge in [-0.25, -0.2) is 0 Å². The summed E-state index contributed by atoms with van der Waals surface area (Å²) in [6.07, 6.45) is 5.13. The molecule has 1 heterocycles. The van der Waals surface area contributed by atoms with Crippen molar-refractivity contribution in [1.29, 1.82) is 0 Å². The van der Waals surface area contributed by atoms with Crippen molar-refractivity contribution in [3.05, 3.63) is 11.9 Å². The average Bonchev–Trinajstić information content (AvgIpc) is 2.71. The van der Waals surface area contributed by atoms with Crippen molar-refractivity contribution in [2.45, 2.75) is 31.3 Å². The second kappa shape index (κ2) is 3.53. The molecule has 0 aromatic heterocycles. The van der Waals surface area contributed by atoms with Crippen molar-refractivity contribution in [2.24, 2.45) is 5.73 Å². The van der Waals surface area contributed by atoms with Gasteiger partial charge in [0.05, 0.1) is 12.3 Å². The predicted octanol–water partition coefficient (Wildman–Crippen LogP) is -0.975. The molecule has 0 spiro atoms. The molecular formula is C8H16N4O. The number of hydrogen-bond acceptors (Lipinski definition) is 5. The molecule has 2 atom stereocenters. The topological polar surface area (TPSA) is 73.5 Å². The maximum atomic E-state index is 8.86. The molecule has 0 aromatic carbocycles. The summed E-state index contributed by atoms with van der Waals surface area (Å²) in [5, 5.41) is 10.9. The van der Waals surface area contributed by atoms with Gasteiger partial charge in [-0.15, -0.1) is 5.53 Å². The molecule has 0 amide bonds. The highest BCUT2D eigenvalue weighted by Crippen LogP contribution is 2.23. The monoisotopic (exact) mass is 184 g/mol. The Balaban J connectivity index is 1.92. The zero-order chi connectivity index (χ0) is 9.26. The Morgan fingerprint density at radius 3 is 3.00 bits per heavy atom. The number of aliphatic hydroxyl groups is 1. The lowest BCUT2D eigenvalue weighted by Gasteiger charge is -2.22. The zero-order valence-electron chi connectivity index (χ0n) is 7.53. The summed E-state index contributed by atoms with van der Waals surface area (Å²) >= 11 is 0. The predicted molar refractivity (Wildman–Crippen MR) is 48.9 cm³/mol. The highest BCUT2D eigenvalue weighted by atomic mass is 16.3. The number of rotatable bonds is 2. The minimum Gasteiger partial charge on any atom is -0.390 e. The van der Waals surface area contributed by atoms with E-state index in [1.165, 1.54) is 0 Å². The molecule has 1 saturated carbocycles. The third-order valence-electron chi connectivity index (χ3n) is 2.65. The molecule has 2 unspecified atom stereocenters. The number of nitrogens with two attached hydrogens (primary N) is 1. The number of aliphatic hydroxyl groups excluding tert-OH is 1. The summed E-state index contributed by atoms with van der Waals surface area (Å²) in [6, 6.07) is 0.796. The molecule has 0 saturated heterocycles. The van der Waals surface area contributed by atoms with Crippen molar-refractivity contribution >= 4 is 0 Å². The van der Waals surface area contributed by atoms with Crippen molar-refractivity contribution in [3.63, 3.8) is 0 Å². The summed E-state index contributed by atoms with van der Waals surface area (Å²) in [6.45, 7) is 0.0439. The minimum atomic E-state index is 0.0439. The van der Waals surface area contributed by atoms with E-state index in [1.54, 1.807) is 0 Å². The second-order valence-corrected chi connectivity index (χ2v) is 3.68. The number of hydrogen-bond donors (Lipinski definition) is 4. The Morgan fingerprint density at radius 1 is 1.62 bits per heavy atom. The lowest BCUT2D eigenvalue weighted by molar-refractivity contribution is 0.196. The Morgan fingerprint density at radius 2 is 2.46 bits per heavy atom. The summed E-state index contributed by atoms with van der Waals surface area (Å²) < 4.78 is 0. The van der Waals surface area contributed by atoms with Gasteiger partial charge >= 0.3 is 0 Å². The van der Waals surface area contributed by atoms with Crippen LogP contribution in [0.1, 0.15) is 19.3 Å². The van der Waals surface area contributed by atoms with Crippen LogP contribution < -0.4 is 16.7 Å². The molecule has 5 heteroatoms. The smallest absolute Gasteiger partial charge is 0.0857 e. The van der Waals surface area contributed by atoms with Gasteiger partial charge in [0.15, 0.2) is 0 Å². The van der Waals surface area contributed by atoms with E-state index < -0.39 is 0 Å². The van der Waals surface area contributed by atoms with E-state index in [1.807, 2.05) is 11.2 Å². The maximum Gasteiger partial charge on any atom is 0.0857 e. The average molecular weight is 184 g/mol. The van der Waals surface area contributed by atoms with Gasteiger partial charge in [0.2, 0.25) is 0 Å². The molecule has 74 valence electrons. The van der Waals surface area contributed by atoms with E-state index in [-0.39, 0.29) is 6.61 Å². The summed E-state index contributed by atoms with van der Waals surface area (Å²) in [5.74, 6) is 0. The molecule has 0 bridgehead atoms. The van der Waals surface area contributed by atoms with E-state index in [0.717, 1.165) is 25.0 Å². The van der Waals surface area contributed by atoms with Crippen LogP contribution >= 0.6 is 0 Å². The first-order valence-corrected chi connectivity index (χ1v) is 4.66. The van der Waals surface area contributed by atoms with Gasteiger partial charge in [-0.2, -0.15) is 0 Å². The fraction of sp³-hybridized carbons (Fsp3) is 0.750. The van der Waals surface area contributed by atoms with Crippen LogP contribution in [0.15, 0.2) is 11.9 Å². The van der Waals surface area contributed by atoms with E-state index >= 15 is 0 Å². The highest BCUT2D eigenvalue weighted by molar-refractivity contribution is 5.04. The first-order valence-electron chi connectivity index (χ1n) is 4.66.